The van der Waals surface area contributed by atoms with E-state index in [1.54, 1.807) is 0 Å². The number of H-pyrrole nitrogens is 1. The molecule has 3 nitrogen and oxygen atoms in total. The van der Waals surface area contributed by atoms with Crippen LogP contribution in [0.5, 0.6) is 0 Å². The van der Waals surface area contributed by atoms with E-state index in [4.69, 9.17) is 12.2 Å². The number of thioether (sulfide) groups is 1. The molecule has 0 aliphatic heterocycles. The molecule has 18 heavy (non-hydrogen) atoms. The Kier molecular flexibility index (Phi) is 3.43. The third-order valence-corrected chi connectivity index (χ3v) is 5.17. The summed E-state index contributed by atoms with van der Waals surface area (Å²) in [6.07, 6.45) is 9.10. The van der Waals surface area contributed by atoms with Crippen LogP contribution in [0.3, 0.4) is 0 Å². The van der Waals surface area contributed by atoms with Crippen LogP contribution < -0.4 is 0 Å². The number of nitrogens with one attached hydrogen (secondary N) is 1. The topological polar surface area (TPSA) is 33.6 Å². The van der Waals surface area contributed by atoms with Crippen molar-refractivity contribution >= 4 is 35.1 Å². The summed E-state index contributed by atoms with van der Waals surface area (Å²) in [6, 6.07) is 4.50. The smallest absolute Gasteiger partial charge is 0.179 e. The predicted molar refractivity (Wildman–Crippen MR) is 79.7 cm³/mol. The molecular formula is C13H17N3S2. The van der Waals surface area contributed by atoms with Crippen molar-refractivity contribution in [1.82, 2.24) is 14.5 Å². The van der Waals surface area contributed by atoms with E-state index in [0.717, 1.165) is 21.2 Å². The maximum absolute atomic E-state index is 5.47. The van der Waals surface area contributed by atoms with Crippen LogP contribution in [-0.4, -0.2) is 26.0 Å². The summed E-state index contributed by atoms with van der Waals surface area (Å²) in [6.45, 7) is 0. The molecule has 2 aromatic heterocycles. The van der Waals surface area contributed by atoms with Crippen molar-refractivity contribution in [3.8, 4) is 0 Å². The fourth-order valence-corrected chi connectivity index (χ4v) is 4.03. The molecule has 5 heteroatoms. The average molecular weight is 279 g/mol. The van der Waals surface area contributed by atoms with Gasteiger partial charge in [0.1, 0.15) is 0 Å². The van der Waals surface area contributed by atoms with Gasteiger partial charge in [0.05, 0.1) is 5.52 Å². The Bertz CT molecular complexity index is 602. The molecule has 1 fully saturated rings. The summed E-state index contributed by atoms with van der Waals surface area (Å²) >= 11 is 7.45. The molecule has 1 saturated carbocycles. The summed E-state index contributed by atoms with van der Waals surface area (Å²) in [4.78, 5) is 7.75. The lowest BCUT2D eigenvalue weighted by Gasteiger charge is -2.29. The molecule has 1 N–H and O–H groups in total. The minimum atomic E-state index is 0.507. The zero-order chi connectivity index (χ0) is 12.5. The van der Waals surface area contributed by atoms with Crippen molar-refractivity contribution in [3.63, 3.8) is 0 Å². The lowest BCUT2D eigenvalue weighted by atomic mass is 9.95. The lowest BCUT2D eigenvalue weighted by molar-refractivity contribution is 0.364. The highest BCUT2D eigenvalue weighted by atomic mass is 32.2. The zero-order valence-corrected chi connectivity index (χ0v) is 12.1. The van der Waals surface area contributed by atoms with Gasteiger partial charge in [0.25, 0.3) is 0 Å². The highest BCUT2D eigenvalue weighted by Gasteiger charge is 2.24. The Balaban J connectivity index is 2.03. The van der Waals surface area contributed by atoms with Crippen LogP contribution in [-0.2, 0) is 0 Å². The van der Waals surface area contributed by atoms with Gasteiger partial charge in [-0.05, 0) is 49.9 Å². The van der Waals surface area contributed by atoms with Crippen LogP contribution in [0, 0.1) is 4.77 Å². The zero-order valence-electron chi connectivity index (χ0n) is 10.4. The van der Waals surface area contributed by atoms with Crippen LogP contribution in [0.1, 0.15) is 31.7 Å². The van der Waals surface area contributed by atoms with E-state index < -0.39 is 0 Å². The van der Waals surface area contributed by atoms with Gasteiger partial charge in [-0.2, -0.15) is 11.8 Å². The molecular weight excluding hydrogens is 262 g/mol. The Morgan fingerprint density at radius 2 is 2.39 bits per heavy atom. The first kappa shape index (κ1) is 12.2. The summed E-state index contributed by atoms with van der Waals surface area (Å²) in [5, 5.41) is 0.763. The summed E-state index contributed by atoms with van der Waals surface area (Å²) in [5.41, 5.74) is 2.06. The van der Waals surface area contributed by atoms with E-state index in [2.05, 4.69) is 20.8 Å². The Morgan fingerprint density at radius 1 is 1.50 bits per heavy atom. The molecule has 0 spiro atoms. The molecule has 1 aliphatic carbocycles. The van der Waals surface area contributed by atoms with E-state index >= 15 is 0 Å². The van der Waals surface area contributed by atoms with Crippen LogP contribution in [0.2, 0.25) is 0 Å². The van der Waals surface area contributed by atoms with Crippen LogP contribution in [0.4, 0.5) is 0 Å². The molecule has 0 aromatic carbocycles. The van der Waals surface area contributed by atoms with Crippen molar-refractivity contribution in [3.05, 3.63) is 23.1 Å². The molecule has 2 heterocycles. The van der Waals surface area contributed by atoms with Gasteiger partial charge in [-0.1, -0.05) is 6.42 Å². The Labute approximate surface area is 116 Å². The SMILES string of the molecule is CSC1CCCC(n2c(=S)[nH]c3cccnc32)C1. The molecule has 0 radical (unpaired) electrons. The minimum absolute atomic E-state index is 0.507. The first-order chi connectivity index (χ1) is 8.79. The summed E-state index contributed by atoms with van der Waals surface area (Å²) in [5.74, 6) is 0. The van der Waals surface area contributed by atoms with Crippen LogP contribution >= 0.6 is 24.0 Å². The van der Waals surface area contributed by atoms with Gasteiger partial charge >= 0.3 is 0 Å². The van der Waals surface area contributed by atoms with E-state index in [0.29, 0.717) is 6.04 Å². The predicted octanol–water partition coefficient (Wildman–Crippen LogP) is 3.94. The van der Waals surface area contributed by atoms with Gasteiger partial charge in [-0.3, -0.25) is 4.57 Å². The standard InChI is InChI=1S/C13H17N3S2/c1-18-10-5-2-4-9(8-10)16-12-11(15-13(16)17)6-3-7-14-12/h3,6-7,9-10H,2,4-5,8H2,1H3,(H,15,17). The van der Waals surface area contributed by atoms with Gasteiger partial charge in [-0.25, -0.2) is 4.98 Å². The number of rotatable bonds is 2. The van der Waals surface area contributed by atoms with Crippen molar-refractivity contribution in [2.45, 2.75) is 37.0 Å². The number of pyridine rings is 1. The van der Waals surface area contributed by atoms with Gasteiger partial charge < -0.3 is 4.98 Å². The maximum atomic E-state index is 5.47. The molecule has 0 amide bonds. The number of hydrogen-bond acceptors (Lipinski definition) is 3. The molecule has 2 unspecified atom stereocenters. The quantitative estimate of drug-likeness (QED) is 0.845. The first-order valence-electron chi connectivity index (χ1n) is 6.37. The van der Waals surface area contributed by atoms with E-state index in [9.17, 15) is 0 Å². The van der Waals surface area contributed by atoms with Crippen molar-refractivity contribution in [1.29, 1.82) is 0 Å². The molecule has 0 saturated heterocycles. The average Bonchev–Trinajstić information content (AvgIpc) is 2.74. The number of fused-ring (bicyclic) bond motifs is 1. The Morgan fingerprint density at radius 3 is 3.22 bits per heavy atom. The van der Waals surface area contributed by atoms with E-state index in [-0.39, 0.29) is 0 Å². The maximum Gasteiger partial charge on any atom is 0.179 e. The first-order valence-corrected chi connectivity index (χ1v) is 8.07. The monoisotopic (exact) mass is 279 g/mol. The highest BCUT2D eigenvalue weighted by Crippen LogP contribution is 2.35. The Hall–Kier alpha value is -0.810. The van der Waals surface area contributed by atoms with Gasteiger partial charge in [0.15, 0.2) is 10.4 Å². The molecule has 96 valence electrons. The summed E-state index contributed by atoms with van der Waals surface area (Å²) in [7, 11) is 0. The third kappa shape index (κ3) is 2.10. The van der Waals surface area contributed by atoms with Crippen molar-refractivity contribution in [2.24, 2.45) is 0 Å². The second kappa shape index (κ2) is 5.05. The molecule has 1 aliphatic rings. The van der Waals surface area contributed by atoms with Crippen LogP contribution in [0.15, 0.2) is 18.3 Å². The largest absolute Gasteiger partial charge is 0.329 e. The van der Waals surface area contributed by atoms with Gasteiger partial charge in [-0.15, -0.1) is 0 Å². The van der Waals surface area contributed by atoms with E-state index in [1.165, 1.54) is 25.7 Å². The number of nitrogens with zero attached hydrogens (tertiary/aromatic N) is 2. The number of hydrogen-bond donors (Lipinski definition) is 1. The molecule has 2 aromatic rings. The normalized spacial score (nSPS) is 24.5. The van der Waals surface area contributed by atoms with E-state index in [1.807, 2.05) is 30.1 Å². The van der Waals surface area contributed by atoms with Crippen molar-refractivity contribution < 1.29 is 0 Å². The third-order valence-electron chi connectivity index (χ3n) is 3.77. The summed E-state index contributed by atoms with van der Waals surface area (Å²) < 4.78 is 3.04. The van der Waals surface area contributed by atoms with Gasteiger partial charge in [0, 0.05) is 17.5 Å². The molecule has 3 rings (SSSR count). The van der Waals surface area contributed by atoms with Gasteiger partial charge in [0.2, 0.25) is 0 Å². The van der Waals surface area contributed by atoms with Crippen LogP contribution in [0.25, 0.3) is 11.2 Å². The number of aromatic nitrogens is 3. The fraction of sp³-hybridized carbons (Fsp3) is 0.538. The van der Waals surface area contributed by atoms with Crippen molar-refractivity contribution in [2.75, 3.05) is 6.26 Å². The number of aromatic amines is 1. The molecule has 2 atom stereocenters. The minimum Gasteiger partial charge on any atom is -0.329 e. The second-order valence-corrected chi connectivity index (χ2v) is 6.38. The fourth-order valence-electron chi connectivity index (χ4n) is 2.87. The number of imidazole rings is 1. The second-order valence-electron chi connectivity index (χ2n) is 4.85. The molecule has 0 bridgehead atoms. The lowest BCUT2D eigenvalue weighted by Crippen LogP contribution is -2.20. The highest BCUT2D eigenvalue weighted by molar-refractivity contribution is 7.99.